The fourth-order valence-electron chi connectivity index (χ4n) is 2.26. The minimum absolute atomic E-state index is 0.0694. The van der Waals surface area contributed by atoms with Crippen LogP contribution in [0.1, 0.15) is 25.7 Å². The maximum Gasteiger partial charge on any atom is 0.0799 e. The van der Waals surface area contributed by atoms with Gasteiger partial charge in [-0.15, -0.1) is 0 Å². The molecule has 0 aromatic carbocycles. The third kappa shape index (κ3) is 2.92. The highest BCUT2D eigenvalue weighted by atomic mass is 16.3. The number of hydrogen-bond donors (Lipinski definition) is 4. The highest BCUT2D eigenvalue weighted by molar-refractivity contribution is 4.81. The van der Waals surface area contributed by atoms with Crippen molar-refractivity contribution in [1.82, 2.24) is 0 Å². The number of aliphatic hydroxyl groups is 4. The third-order valence-corrected chi connectivity index (χ3v) is 3.22. The molecule has 4 heteroatoms. The first-order valence-electron chi connectivity index (χ1n) is 5.27. The van der Waals surface area contributed by atoms with Gasteiger partial charge in [-0.25, -0.2) is 0 Å². The van der Waals surface area contributed by atoms with E-state index in [0.717, 1.165) is 19.3 Å². The summed E-state index contributed by atoms with van der Waals surface area (Å²) in [6.45, 7) is -0.431. The Kier molecular flexibility index (Phi) is 4.81. The highest BCUT2D eigenvalue weighted by Gasteiger charge is 2.30. The van der Waals surface area contributed by atoms with Crippen molar-refractivity contribution in [2.24, 2.45) is 11.8 Å². The van der Waals surface area contributed by atoms with Gasteiger partial charge >= 0.3 is 0 Å². The zero-order valence-corrected chi connectivity index (χ0v) is 8.34. The van der Waals surface area contributed by atoms with Crippen molar-refractivity contribution < 1.29 is 20.4 Å². The summed E-state index contributed by atoms with van der Waals surface area (Å²) in [5.41, 5.74) is 0. The predicted molar refractivity (Wildman–Crippen MR) is 51.6 cm³/mol. The SMILES string of the molecule is OCC(O)C1CCCC(C(O)CO)C1. The molecule has 14 heavy (non-hydrogen) atoms. The fourth-order valence-corrected chi connectivity index (χ4v) is 2.26. The molecule has 1 aliphatic carbocycles. The van der Waals surface area contributed by atoms with Gasteiger partial charge in [0, 0.05) is 0 Å². The molecule has 0 amide bonds. The first-order chi connectivity index (χ1) is 6.69. The topological polar surface area (TPSA) is 80.9 Å². The van der Waals surface area contributed by atoms with Crippen LogP contribution in [0.2, 0.25) is 0 Å². The monoisotopic (exact) mass is 204 g/mol. The Hall–Kier alpha value is -0.160. The molecule has 4 unspecified atom stereocenters. The summed E-state index contributed by atoms with van der Waals surface area (Å²) in [6.07, 6.45) is 2.09. The second-order valence-electron chi connectivity index (χ2n) is 4.19. The van der Waals surface area contributed by atoms with Crippen LogP contribution in [0.15, 0.2) is 0 Å². The average Bonchev–Trinajstić information content (AvgIpc) is 2.27. The van der Waals surface area contributed by atoms with Crippen molar-refractivity contribution in [3.8, 4) is 0 Å². The second-order valence-corrected chi connectivity index (χ2v) is 4.19. The van der Waals surface area contributed by atoms with Crippen LogP contribution in [0.3, 0.4) is 0 Å². The molecule has 1 saturated carbocycles. The van der Waals surface area contributed by atoms with Crippen LogP contribution in [0, 0.1) is 11.8 Å². The molecule has 1 fully saturated rings. The van der Waals surface area contributed by atoms with Gasteiger partial charge in [0.15, 0.2) is 0 Å². The van der Waals surface area contributed by atoms with E-state index in [0.29, 0.717) is 6.42 Å². The van der Waals surface area contributed by atoms with Gasteiger partial charge in [0.05, 0.1) is 25.4 Å². The van der Waals surface area contributed by atoms with Gasteiger partial charge in [-0.2, -0.15) is 0 Å². The Morgan fingerprint density at radius 3 is 1.71 bits per heavy atom. The lowest BCUT2D eigenvalue weighted by atomic mass is 9.76. The molecule has 0 aromatic rings. The molecular weight excluding hydrogens is 184 g/mol. The largest absolute Gasteiger partial charge is 0.394 e. The molecule has 0 bridgehead atoms. The molecule has 4 nitrogen and oxygen atoms in total. The number of aliphatic hydroxyl groups excluding tert-OH is 4. The lowest BCUT2D eigenvalue weighted by molar-refractivity contribution is -0.0166. The van der Waals surface area contributed by atoms with Gasteiger partial charge in [-0.3, -0.25) is 0 Å². The van der Waals surface area contributed by atoms with Crippen LogP contribution in [0.5, 0.6) is 0 Å². The van der Waals surface area contributed by atoms with Gasteiger partial charge in [0.2, 0.25) is 0 Å². The summed E-state index contributed by atoms with van der Waals surface area (Å²) < 4.78 is 0. The second kappa shape index (κ2) is 5.66. The van der Waals surface area contributed by atoms with Crippen molar-refractivity contribution in [3.63, 3.8) is 0 Å². The molecule has 0 aliphatic heterocycles. The Morgan fingerprint density at radius 2 is 1.36 bits per heavy atom. The summed E-state index contributed by atoms with van der Waals surface area (Å²) in [6, 6.07) is 0. The van der Waals surface area contributed by atoms with Crippen LogP contribution in [0.4, 0.5) is 0 Å². The van der Waals surface area contributed by atoms with Crippen LogP contribution in [-0.4, -0.2) is 45.8 Å². The van der Waals surface area contributed by atoms with Gasteiger partial charge in [-0.1, -0.05) is 6.42 Å². The van der Waals surface area contributed by atoms with Crippen molar-refractivity contribution in [2.45, 2.75) is 37.9 Å². The van der Waals surface area contributed by atoms with Gasteiger partial charge in [0.25, 0.3) is 0 Å². The number of rotatable bonds is 4. The molecule has 0 spiro atoms. The highest BCUT2D eigenvalue weighted by Crippen LogP contribution is 2.32. The quantitative estimate of drug-likeness (QED) is 0.497. The standard InChI is InChI=1S/C10H20O4/c11-5-9(13)7-2-1-3-8(4-7)10(14)6-12/h7-14H,1-6H2. The average molecular weight is 204 g/mol. The first kappa shape index (κ1) is 11.9. The summed E-state index contributed by atoms with van der Waals surface area (Å²) in [7, 11) is 0. The molecular formula is C10H20O4. The molecule has 4 atom stereocenters. The fraction of sp³-hybridized carbons (Fsp3) is 1.00. The normalized spacial score (nSPS) is 32.6. The summed E-state index contributed by atoms with van der Waals surface area (Å²) >= 11 is 0. The van der Waals surface area contributed by atoms with Crippen LogP contribution in [-0.2, 0) is 0 Å². The van der Waals surface area contributed by atoms with E-state index < -0.39 is 12.2 Å². The first-order valence-corrected chi connectivity index (χ1v) is 5.27. The Bertz CT molecular complexity index is 146. The van der Waals surface area contributed by atoms with Gasteiger partial charge in [-0.05, 0) is 31.1 Å². The predicted octanol–water partition coefficient (Wildman–Crippen LogP) is -0.501. The van der Waals surface area contributed by atoms with Crippen molar-refractivity contribution >= 4 is 0 Å². The van der Waals surface area contributed by atoms with Crippen molar-refractivity contribution in [2.75, 3.05) is 13.2 Å². The van der Waals surface area contributed by atoms with Crippen LogP contribution < -0.4 is 0 Å². The van der Waals surface area contributed by atoms with E-state index in [-0.39, 0.29) is 25.0 Å². The molecule has 1 rings (SSSR count). The lowest BCUT2D eigenvalue weighted by Crippen LogP contribution is -2.35. The molecule has 1 aliphatic rings. The van der Waals surface area contributed by atoms with Crippen molar-refractivity contribution in [3.05, 3.63) is 0 Å². The maximum atomic E-state index is 9.46. The minimum atomic E-state index is -0.677. The Morgan fingerprint density at radius 1 is 0.929 bits per heavy atom. The molecule has 0 heterocycles. The van der Waals surface area contributed by atoms with E-state index >= 15 is 0 Å². The zero-order valence-electron chi connectivity index (χ0n) is 8.34. The van der Waals surface area contributed by atoms with E-state index in [1.54, 1.807) is 0 Å². The summed E-state index contributed by atoms with van der Waals surface area (Å²) in [4.78, 5) is 0. The van der Waals surface area contributed by atoms with E-state index in [1.165, 1.54) is 0 Å². The lowest BCUT2D eigenvalue weighted by Gasteiger charge is -2.33. The van der Waals surface area contributed by atoms with E-state index in [2.05, 4.69) is 0 Å². The van der Waals surface area contributed by atoms with Gasteiger partial charge in [0.1, 0.15) is 0 Å². The van der Waals surface area contributed by atoms with Crippen molar-refractivity contribution in [1.29, 1.82) is 0 Å². The summed E-state index contributed by atoms with van der Waals surface area (Å²) in [5.74, 6) is 0.139. The molecule has 84 valence electrons. The maximum absolute atomic E-state index is 9.46. The van der Waals surface area contributed by atoms with E-state index in [1.807, 2.05) is 0 Å². The molecule has 0 aromatic heterocycles. The third-order valence-electron chi connectivity index (χ3n) is 3.22. The van der Waals surface area contributed by atoms with E-state index in [9.17, 15) is 10.2 Å². The number of hydrogen-bond acceptors (Lipinski definition) is 4. The molecule has 0 saturated heterocycles. The Labute approximate surface area is 84.2 Å². The minimum Gasteiger partial charge on any atom is -0.394 e. The Balaban J connectivity index is 2.43. The zero-order chi connectivity index (χ0) is 10.6. The van der Waals surface area contributed by atoms with Crippen LogP contribution in [0.25, 0.3) is 0 Å². The van der Waals surface area contributed by atoms with E-state index in [4.69, 9.17) is 10.2 Å². The smallest absolute Gasteiger partial charge is 0.0799 e. The molecule has 4 N–H and O–H groups in total. The molecule has 0 radical (unpaired) electrons. The van der Waals surface area contributed by atoms with Gasteiger partial charge < -0.3 is 20.4 Å². The summed E-state index contributed by atoms with van der Waals surface area (Å²) in [5, 5.41) is 36.5. The van der Waals surface area contributed by atoms with Crippen LogP contribution >= 0.6 is 0 Å².